The smallest absolute Gasteiger partial charge is 0.257 e. The molecule has 5 aromatic heterocycles. The van der Waals surface area contributed by atoms with Crippen LogP contribution >= 0.6 is 0 Å². The molecule has 8 aromatic carbocycles. The number of nitriles is 1. The highest BCUT2D eigenvalue weighted by Crippen LogP contribution is 2.46. The Labute approximate surface area is 609 Å². The van der Waals surface area contributed by atoms with Crippen LogP contribution in [0.1, 0.15) is 108 Å². The number of aromatic amines is 5. The monoisotopic (exact) mass is 1460 g/mol. The third kappa shape index (κ3) is 18.1. The van der Waals surface area contributed by atoms with Gasteiger partial charge < -0.3 is 26.3 Å². The van der Waals surface area contributed by atoms with Crippen molar-refractivity contribution in [2.45, 2.75) is 52.9 Å². The summed E-state index contributed by atoms with van der Waals surface area (Å²) in [6.07, 6.45) is 19.0. The van der Waals surface area contributed by atoms with Gasteiger partial charge in [-0.2, -0.15) is 25.7 Å². The van der Waals surface area contributed by atoms with Gasteiger partial charge in [0, 0.05) is 69.4 Å². The van der Waals surface area contributed by atoms with Gasteiger partial charge in [-0.05, 0) is 151 Å². The lowest BCUT2D eigenvalue weighted by Gasteiger charge is -2.24. The summed E-state index contributed by atoms with van der Waals surface area (Å²) in [5, 5.41) is 49.7. The fourth-order valence-corrected chi connectivity index (χ4v) is 10.8. The molecule has 2 aliphatic carbocycles. The van der Waals surface area contributed by atoms with E-state index in [2.05, 4.69) is 67.0 Å². The topological polar surface area (TPSA) is 288 Å². The summed E-state index contributed by atoms with van der Waals surface area (Å²) in [7, 11) is 0. The highest BCUT2D eigenvalue weighted by molar-refractivity contribution is 6.06. The molecule has 0 saturated heterocycles. The lowest BCUT2D eigenvalue weighted by molar-refractivity contribution is -0.123. The molecular formula is C81H64F8N14O5. The molecule has 0 spiro atoms. The number of aromatic nitrogens is 9. The highest BCUT2D eigenvalue weighted by Gasteiger charge is 2.51. The number of pyridine rings is 1. The van der Waals surface area contributed by atoms with E-state index in [4.69, 9.17) is 5.26 Å². The van der Waals surface area contributed by atoms with E-state index in [0.717, 1.165) is 41.5 Å². The highest BCUT2D eigenvalue weighted by atomic mass is 19.2. The second-order valence-electron chi connectivity index (χ2n) is 26.4. The number of nitrogens with one attached hydrogen (secondary N) is 9. The third-order valence-corrected chi connectivity index (χ3v) is 17.5. The molecule has 0 atom stereocenters. The van der Waals surface area contributed by atoms with E-state index in [1.165, 1.54) is 103 Å². The summed E-state index contributed by atoms with van der Waals surface area (Å²) in [6.45, 7) is 5.27. The number of anilines is 4. The van der Waals surface area contributed by atoms with Crippen LogP contribution in [0.5, 0.6) is 0 Å². The summed E-state index contributed by atoms with van der Waals surface area (Å²) < 4.78 is 109. The Morgan fingerprint density at radius 3 is 1.08 bits per heavy atom. The van der Waals surface area contributed by atoms with Crippen molar-refractivity contribution in [2.24, 2.45) is 16.7 Å². The number of carbonyl (C=O) groups is 4. The van der Waals surface area contributed by atoms with Gasteiger partial charge in [-0.3, -0.25) is 44.4 Å². The van der Waals surface area contributed by atoms with Crippen molar-refractivity contribution in [1.82, 2.24) is 45.8 Å². The molecule has 5 heterocycles. The first-order valence-corrected chi connectivity index (χ1v) is 33.6. The SMILES string of the molecule is CC(C)(C)C(=O)Nc1cc2c(/C=C/c3ccc(F)cc3)n[nH]c2cc1F.N#CC1(C(=O)Nc2cc3c(/C=C/c4ccc(F)cc4)n[nH]c3cc2F)CC1.O=C(Nc1cc2c(/C=C/c3ccc(F)cc3)n[nH]c2cc1F)C1CCC1.O=C(Nc1cc2c(/C=C/c3ccc(F)cc3)n[nH]c2cc1F)c1ccc(=O)[nH]c1. The van der Waals surface area contributed by atoms with Crippen molar-refractivity contribution < 1.29 is 54.3 Å². The van der Waals surface area contributed by atoms with Gasteiger partial charge in [-0.25, -0.2) is 35.1 Å². The van der Waals surface area contributed by atoms with Gasteiger partial charge in [0.05, 0.1) is 79.2 Å². The maximum atomic E-state index is 14.4. The average Bonchev–Trinajstić information content (AvgIpc) is 1.63. The van der Waals surface area contributed by atoms with Crippen molar-refractivity contribution in [3.8, 4) is 6.07 Å². The maximum Gasteiger partial charge on any atom is 0.257 e. The van der Waals surface area contributed by atoms with Crippen molar-refractivity contribution in [3.63, 3.8) is 0 Å². The van der Waals surface area contributed by atoms with Crippen molar-refractivity contribution in [3.05, 3.63) is 271 Å². The first-order chi connectivity index (χ1) is 51.8. The Bertz CT molecular complexity index is 5760. The number of fused-ring (bicyclic) bond motifs is 4. The van der Waals surface area contributed by atoms with Gasteiger partial charge in [-0.1, -0.05) is 100 Å². The van der Waals surface area contributed by atoms with E-state index in [9.17, 15) is 59.1 Å². The van der Waals surface area contributed by atoms with Crippen LogP contribution in [-0.2, 0) is 14.4 Å². The van der Waals surface area contributed by atoms with Crippen molar-refractivity contribution >= 4 is 139 Å². The molecule has 108 heavy (non-hydrogen) atoms. The zero-order valence-corrected chi connectivity index (χ0v) is 57.6. The fourth-order valence-electron chi connectivity index (χ4n) is 10.8. The molecule has 9 N–H and O–H groups in total. The zero-order valence-electron chi connectivity index (χ0n) is 57.6. The minimum absolute atomic E-state index is 0.00635. The molecule has 0 aliphatic heterocycles. The molecule has 27 heteroatoms. The van der Waals surface area contributed by atoms with E-state index in [1.54, 1.807) is 130 Å². The number of carbonyl (C=O) groups excluding carboxylic acids is 4. The van der Waals surface area contributed by atoms with Crippen LogP contribution in [0.15, 0.2) is 169 Å². The van der Waals surface area contributed by atoms with Crippen LogP contribution in [0.25, 0.3) is 92.2 Å². The number of hydrogen-bond acceptors (Lipinski definition) is 10. The first kappa shape index (κ1) is 74.1. The molecule has 0 unspecified atom stereocenters. The van der Waals surface area contributed by atoms with Gasteiger partial charge in [0.2, 0.25) is 23.3 Å². The Balaban J connectivity index is 0.000000135. The summed E-state index contributed by atoms with van der Waals surface area (Å²) >= 11 is 0. The zero-order chi connectivity index (χ0) is 76.4. The third-order valence-electron chi connectivity index (χ3n) is 17.5. The Hall–Kier alpha value is -13.6. The number of H-pyrrole nitrogens is 5. The maximum absolute atomic E-state index is 14.4. The number of amides is 4. The lowest BCUT2D eigenvalue weighted by Crippen LogP contribution is -2.28. The number of benzene rings is 8. The van der Waals surface area contributed by atoms with E-state index < -0.39 is 45.9 Å². The first-order valence-electron chi connectivity index (χ1n) is 33.6. The van der Waals surface area contributed by atoms with Gasteiger partial charge >= 0.3 is 0 Å². The second kappa shape index (κ2) is 32.2. The molecule has 19 nitrogen and oxygen atoms in total. The summed E-state index contributed by atoms with van der Waals surface area (Å²) in [5.74, 6) is -5.01. The predicted octanol–water partition coefficient (Wildman–Crippen LogP) is 18.0. The van der Waals surface area contributed by atoms with Gasteiger partial charge in [0.15, 0.2) is 0 Å². The summed E-state index contributed by atoms with van der Waals surface area (Å²) in [5.41, 5.74) is 5.91. The fraction of sp³-hybridized carbons (Fsp3) is 0.136. The van der Waals surface area contributed by atoms with Crippen LogP contribution < -0.4 is 26.8 Å². The second-order valence-corrected chi connectivity index (χ2v) is 26.4. The lowest BCUT2D eigenvalue weighted by atomic mass is 9.85. The van der Waals surface area contributed by atoms with Crippen LogP contribution in [0.3, 0.4) is 0 Å². The number of hydrogen-bond donors (Lipinski definition) is 9. The van der Waals surface area contributed by atoms with Crippen LogP contribution in [-0.4, -0.2) is 69.4 Å². The summed E-state index contributed by atoms with van der Waals surface area (Å²) in [4.78, 5) is 62.3. The molecule has 2 saturated carbocycles. The van der Waals surface area contributed by atoms with Crippen LogP contribution in [0.2, 0.25) is 0 Å². The van der Waals surface area contributed by atoms with E-state index >= 15 is 0 Å². The molecule has 2 aliphatic rings. The summed E-state index contributed by atoms with van der Waals surface area (Å²) in [6, 6.07) is 39.8. The Morgan fingerprint density at radius 1 is 0.454 bits per heavy atom. The molecule has 0 radical (unpaired) electrons. The van der Waals surface area contributed by atoms with E-state index in [-0.39, 0.29) is 74.9 Å². The minimum atomic E-state index is -1.04. The Morgan fingerprint density at radius 2 is 0.787 bits per heavy atom. The van der Waals surface area contributed by atoms with E-state index in [0.29, 0.717) is 79.2 Å². The number of halogens is 8. The quantitative estimate of drug-likeness (QED) is 0.0437. The average molecular weight is 1470 g/mol. The van der Waals surface area contributed by atoms with Crippen LogP contribution in [0.4, 0.5) is 57.9 Å². The van der Waals surface area contributed by atoms with Gasteiger partial charge in [0.1, 0.15) is 52.0 Å². The number of rotatable bonds is 15. The molecule has 15 rings (SSSR count). The number of nitrogens with zero attached hydrogens (tertiary/aromatic N) is 5. The van der Waals surface area contributed by atoms with Crippen molar-refractivity contribution in [2.75, 3.05) is 21.3 Å². The van der Waals surface area contributed by atoms with E-state index in [1.807, 2.05) is 6.07 Å². The molecular weight excluding hydrogens is 1400 g/mol. The van der Waals surface area contributed by atoms with Crippen molar-refractivity contribution in [1.29, 1.82) is 5.26 Å². The molecule has 544 valence electrons. The van der Waals surface area contributed by atoms with Gasteiger partial charge in [-0.15, -0.1) is 0 Å². The molecule has 4 amide bonds. The molecule has 2 fully saturated rings. The molecule has 0 bridgehead atoms. The normalized spacial score (nSPS) is 13.2. The van der Waals surface area contributed by atoms with Gasteiger partial charge in [0.25, 0.3) is 5.91 Å². The molecule has 13 aromatic rings. The van der Waals surface area contributed by atoms with Crippen LogP contribution in [0, 0.1) is 74.6 Å². The predicted molar refractivity (Wildman–Crippen MR) is 400 cm³/mol. The standard InChI is InChI=1S/C21H14F2N4O2.C20H14F2N4O.C20H17F2N3O.C20H19F2N3O/c22-14-5-1-12(2-6-14)3-7-17-15-9-19(16(23)10-18(15)27-26-17)25-21(29)13-4-8-20(28)24-11-13;21-13-4-1-12(2-5-13)3-6-16-14-9-18(15(22)10-17(14)26-25-16)24-19(27)20(11-23)7-8-20;21-14-7-4-12(5-8-14)6-9-17-15-10-19(16(22)11-18(15)25-24-17)23-20(26)13-2-1-3-13;1-20(2,3)19(26)23-18-10-14-16(24-25-17(14)11-15(18)22)9-6-12-4-7-13(21)8-5-12/h1-11H,(H,24,28)(H,25,29)(H,26,27);1-6,9-10H,7-8H2,(H,24,27)(H,25,26);4-11,13H,1-3H2,(H,23,26)(H,24,25);4-11H,1-3H3,(H,23,26)(H,24,25)/b7-3+;6-3+;2*9-6+. The Kier molecular flexibility index (Phi) is 22.1. The largest absolute Gasteiger partial charge is 0.328 e. The minimum Gasteiger partial charge on any atom is -0.328 e.